The molecular formula is C19H31NO3. The first-order valence-electron chi connectivity index (χ1n) is 8.57. The normalized spacial score (nSPS) is 22.1. The van der Waals surface area contributed by atoms with Gasteiger partial charge in [0.2, 0.25) is 0 Å². The highest BCUT2D eigenvalue weighted by molar-refractivity contribution is 5.31. The monoisotopic (exact) mass is 321 g/mol. The van der Waals surface area contributed by atoms with Crippen molar-refractivity contribution in [2.24, 2.45) is 5.92 Å². The molecule has 0 aromatic heterocycles. The van der Waals surface area contributed by atoms with E-state index in [2.05, 4.69) is 37.8 Å². The largest absolute Gasteiger partial charge is 0.491 e. The molecule has 2 rings (SSSR count). The second-order valence-electron chi connectivity index (χ2n) is 7.79. The second-order valence-corrected chi connectivity index (χ2v) is 7.79. The van der Waals surface area contributed by atoms with Crippen molar-refractivity contribution in [3.8, 4) is 5.75 Å². The van der Waals surface area contributed by atoms with E-state index in [1.807, 2.05) is 19.1 Å². The molecule has 23 heavy (non-hydrogen) atoms. The zero-order valence-corrected chi connectivity index (χ0v) is 14.8. The molecule has 3 atom stereocenters. The molecule has 2 N–H and O–H groups in total. The van der Waals surface area contributed by atoms with Crippen LogP contribution in [-0.2, 0) is 5.41 Å². The fraction of sp³-hybridized carbons (Fsp3) is 0.684. The van der Waals surface area contributed by atoms with Crippen molar-refractivity contribution in [3.05, 3.63) is 29.8 Å². The molecule has 4 heteroatoms. The number of likely N-dealkylation sites (tertiary alicyclic amines) is 1. The van der Waals surface area contributed by atoms with E-state index >= 15 is 0 Å². The number of aliphatic hydroxyl groups excluding tert-OH is 2. The number of ether oxygens (including phenoxy) is 1. The lowest BCUT2D eigenvalue weighted by atomic mass is 9.87. The van der Waals surface area contributed by atoms with Crippen LogP contribution in [0.5, 0.6) is 5.75 Å². The molecule has 1 fully saturated rings. The average Bonchev–Trinajstić information content (AvgIpc) is 2.93. The molecule has 0 radical (unpaired) electrons. The van der Waals surface area contributed by atoms with Crippen LogP contribution < -0.4 is 4.74 Å². The van der Waals surface area contributed by atoms with Crippen molar-refractivity contribution >= 4 is 0 Å². The molecular weight excluding hydrogens is 290 g/mol. The highest BCUT2D eigenvalue weighted by Crippen LogP contribution is 2.24. The first kappa shape index (κ1) is 18.2. The highest BCUT2D eigenvalue weighted by atomic mass is 16.5. The predicted octanol–water partition coefficient (Wildman–Crippen LogP) is 2.43. The van der Waals surface area contributed by atoms with Gasteiger partial charge in [-0.1, -0.05) is 32.9 Å². The van der Waals surface area contributed by atoms with Crippen molar-refractivity contribution in [3.63, 3.8) is 0 Å². The summed E-state index contributed by atoms with van der Waals surface area (Å²) in [5.41, 5.74) is 1.40. The lowest BCUT2D eigenvalue weighted by molar-refractivity contribution is 0.0696. The third-order valence-electron chi connectivity index (χ3n) is 4.62. The lowest BCUT2D eigenvalue weighted by Gasteiger charge is -2.21. The fourth-order valence-electron chi connectivity index (χ4n) is 3.02. The Morgan fingerprint density at radius 2 is 1.87 bits per heavy atom. The van der Waals surface area contributed by atoms with Crippen LogP contribution in [0.2, 0.25) is 0 Å². The van der Waals surface area contributed by atoms with E-state index in [0.29, 0.717) is 19.1 Å². The number of nitrogens with zero attached hydrogens (tertiary/aromatic N) is 1. The molecule has 3 unspecified atom stereocenters. The topological polar surface area (TPSA) is 52.9 Å². The summed E-state index contributed by atoms with van der Waals surface area (Å²) < 4.78 is 5.69. The van der Waals surface area contributed by atoms with E-state index in [0.717, 1.165) is 25.3 Å². The maximum atomic E-state index is 10.2. The Kier molecular flexibility index (Phi) is 6.06. The Balaban J connectivity index is 1.75. The number of hydrogen-bond acceptors (Lipinski definition) is 4. The van der Waals surface area contributed by atoms with Gasteiger partial charge in [-0.05, 0) is 48.9 Å². The summed E-state index contributed by atoms with van der Waals surface area (Å²) in [6.07, 6.45) is 0.222. The molecule has 4 nitrogen and oxygen atoms in total. The van der Waals surface area contributed by atoms with Crippen LogP contribution in [0.3, 0.4) is 0 Å². The molecule has 1 aromatic carbocycles. The van der Waals surface area contributed by atoms with E-state index < -0.39 is 6.10 Å². The maximum absolute atomic E-state index is 10.2. The van der Waals surface area contributed by atoms with Gasteiger partial charge in [-0.2, -0.15) is 0 Å². The molecule has 1 aliphatic rings. The van der Waals surface area contributed by atoms with Crippen LogP contribution in [0.15, 0.2) is 24.3 Å². The third kappa shape index (κ3) is 5.48. The minimum absolute atomic E-state index is 0.133. The smallest absolute Gasteiger partial charge is 0.119 e. The minimum Gasteiger partial charge on any atom is -0.491 e. The van der Waals surface area contributed by atoms with Gasteiger partial charge in [-0.3, -0.25) is 0 Å². The summed E-state index contributed by atoms with van der Waals surface area (Å²) in [6, 6.07) is 8.09. The maximum Gasteiger partial charge on any atom is 0.119 e. The number of hydrogen-bond donors (Lipinski definition) is 2. The summed E-state index contributed by atoms with van der Waals surface area (Å²) in [6.45, 7) is 11.1. The Bertz CT molecular complexity index is 478. The first-order chi connectivity index (χ1) is 10.8. The van der Waals surface area contributed by atoms with E-state index in [9.17, 15) is 10.2 Å². The molecule has 0 saturated carbocycles. The summed E-state index contributed by atoms with van der Waals surface area (Å²) in [7, 11) is 0. The second kappa shape index (κ2) is 7.65. The molecule has 0 spiro atoms. The predicted molar refractivity (Wildman–Crippen MR) is 92.9 cm³/mol. The van der Waals surface area contributed by atoms with Gasteiger partial charge in [-0.15, -0.1) is 0 Å². The van der Waals surface area contributed by atoms with Gasteiger partial charge in [0.05, 0.1) is 6.10 Å². The fourth-order valence-corrected chi connectivity index (χ4v) is 3.02. The molecule has 1 saturated heterocycles. The van der Waals surface area contributed by atoms with E-state index in [-0.39, 0.29) is 11.5 Å². The van der Waals surface area contributed by atoms with Crippen LogP contribution in [-0.4, -0.2) is 53.6 Å². The van der Waals surface area contributed by atoms with Gasteiger partial charge in [0, 0.05) is 13.1 Å². The molecule has 130 valence electrons. The standard InChI is InChI=1S/C19H31NO3/c1-14(21)15-9-10-20(11-15)12-17(22)13-23-18-7-5-16(6-8-18)19(2,3)4/h5-8,14-15,17,21-22H,9-13H2,1-4H3. The molecule has 1 heterocycles. The van der Waals surface area contributed by atoms with Crippen LogP contribution in [0.25, 0.3) is 0 Å². The quantitative estimate of drug-likeness (QED) is 0.845. The van der Waals surface area contributed by atoms with Gasteiger partial charge in [0.25, 0.3) is 0 Å². The summed E-state index contributed by atoms with van der Waals surface area (Å²) >= 11 is 0. The summed E-state index contributed by atoms with van der Waals surface area (Å²) in [4.78, 5) is 2.20. The molecule has 0 bridgehead atoms. The van der Waals surface area contributed by atoms with Gasteiger partial charge >= 0.3 is 0 Å². The van der Waals surface area contributed by atoms with Gasteiger partial charge < -0.3 is 19.8 Å². The minimum atomic E-state index is -0.509. The zero-order chi connectivity index (χ0) is 17.0. The van der Waals surface area contributed by atoms with Gasteiger partial charge in [0.1, 0.15) is 18.5 Å². The van der Waals surface area contributed by atoms with Crippen LogP contribution in [0, 0.1) is 5.92 Å². The SMILES string of the molecule is CC(O)C1CCN(CC(O)COc2ccc(C(C)(C)C)cc2)C1. The zero-order valence-electron chi connectivity index (χ0n) is 14.8. The van der Waals surface area contributed by atoms with E-state index in [4.69, 9.17) is 4.74 Å². The number of benzene rings is 1. The van der Waals surface area contributed by atoms with Crippen LogP contribution in [0.4, 0.5) is 0 Å². The van der Waals surface area contributed by atoms with Gasteiger partial charge in [-0.25, -0.2) is 0 Å². The van der Waals surface area contributed by atoms with Crippen molar-refractivity contribution in [2.45, 2.75) is 51.7 Å². The summed E-state index contributed by atoms with van der Waals surface area (Å²) in [5, 5.41) is 19.8. The Morgan fingerprint density at radius 3 is 2.39 bits per heavy atom. The molecule has 1 aromatic rings. The molecule has 0 amide bonds. The average molecular weight is 321 g/mol. The number of aliphatic hydroxyl groups is 2. The summed E-state index contributed by atoms with van der Waals surface area (Å²) in [5.74, 6) is 1.12. The number of rotatable bonds is 6. The Labute approximate surface area is 140 Å². The highest BCUT2D eigenvalue weighted by Gasteiger charge is 2.27. The number of β-amino-alcohol motifs (C(OH)–C–C–N with tert-alkyl or cyclic N) is 1. The first-order valence-corrected chi connectivity index (χ1v) is 8.57. The van der Waals surface area contributed by atoms with Gasteiger partial charge in [0.15, 0.2) is 0 Å². The van der Waals surface area contributed by atoms with Crippen molar-refractivity contribution in [2.75, 3.05) is 26.2 Å². The Hall–Kier alpha value is -1.10. The third-order valence-corrected chi connectivity index (χ3v) is 4.62. The van der Waals surface area contributed by atoms with E-state index in [1.54, 1.807) is 0 Å². The Morgan fingerprint density at radius 1 is 1.22 bits per heavy atom. The lowest BCUT2D eigenvalue weighted by Crippen LogP contribution is -2.35. The van der Waals surface area contributed by atoms with Crippen LogP contribution >= 0.6 is 0 Å². The van der Waals surface area contributed by atoms with Crippen molar-refractivity contribution in [1.29, 1.82) is 0 Å². The van der Waals surface area contributed by atoms with E-state index in [1.165, 1.54) is 5.56 Å². The van der Waals surface area contributed by atoms with Crippen molar-refractivity contribution in [1.82, 2.24) is 4.90 Å². The molecule has 1 aliphatic heterocycles. The van der Waals surface area contributed by atoms with Crippen LogP contribution in [0.1, 0.15) is 39.7 Å². The molecule has 0 aliphatic carbocycles. The van der Waals surface area contributed by atoms with Crippen molar-refractivity contribution < 1.29 is 14.9 Å².